The van der Waals surface area contributed by atoms with E-state index in [9.17, 15) is 4.79 Å². The van der Waals surface area contributed by atoms with Gasteiger partial charge in [-0.2, -0.15) is 5.10 Å². The monoisotopic (exact) mass is 338 g/mol. The number of imidazole rings is 1. The van der Waals surface area contributed by atoms with Crippen LogP contribution in [-0.2, 0) is 11.3 Å². The van der Waals surface area contributed by atoms with E-state index >= 15 is 0 Å². The van der Waals surface area contributed by atoms with Crippen molar-refractivity contribution in [3.8, 4) is 0 Å². The largest absolute Gasteiger partial charge is 0.332 e. The smallest absolute Gasteiger partial charge is 0.224 e. The molecule has 1 aliphatic rings. The minimum atomic E-state index is 0.0179. The summed E-state index contributed by atoms with van der Waals surface area (Å²) in [6.07, 6.45) is 5.07. The van der Waals surface area contributed by atoms with Crippen molar-refractivity contribution >= 4 is 16.9 Å². The predicted molar refractivity (Wildman–Crippen MR) is 93.8 cm³/mol. The molecule has 0 radical (unpaired) electrons. The molecule has 0 saturated carbocycles. The van der Waals surface area contributed by atoms with Crippen LogP contribution < -0.4 is 0 Å². The number of H-pyrrole nitrogens is 1. The van der Waals surface area contributed by atoms with E-state index in [1.165, 1.54) is 6.33 Å². The van der Waals surface area contributed by atoms with Crippen LogP contribution in [0.4, 0.5) is 0 Å². The first-order valence-corrected chi connectivity index (χ1v) is 8.80. The van der Waals surface area contributed by atoms with Gasteiger partial charge < -0.3 is 9.47 Å². The number of nitrogens with one attached hydrogen (secondary N) is 1. The summed E-state index contributed by atoms with van der Waals surface area (Å²) in [5, 5.41) is 6.86. The third-order valence-corrected chi connectivity index (χ3v) is 4.97. The molecule has 4 rings (SSSR count). The molecule has 0 aliphatic carbocycles. The maximum absolute atomic E-state index is 12.9. The number of benzene rings is 1. The number of carbonyl (C=O) groups is 1. The van der Waals surface area contributed by atoms with E-state index in [2.05, 4.69) is 30.8 Å². The van der Waals surface area contributed by atoms with E-state index in [1.807, 2.05) is 30.0 Å². The Kier molecular flexibility index (Phi) is 4.21. The van der Waals surface area contributed by atoms with Crippen molar-refractivity contribution in [1.82, 2.24) is 29.6 Å². The predicted octanol–water partition coefficient (Wildman–Crippen LogP) is 2.61. The zero-order chi connectivity index (χ0) is 17.2. The Bertz CT molecular complexity index is 869. The van der Waals surface area contributed by atoms with E-state index in [0.717, 1.165) is 48.5 Å². The van der Waals surface area contributed by atoms with Crippen molar-refractivity contribution in [3.63, 3.8) is 0 Å². The number of likely N-dealkylation sites (tertiary alicyclic amines) is 1. The van der Waals surface area contributed by atoms with E-state index in [0.29, 0.717) is 13.0 Å². The molecule has 1 aromatic carbocycles. The number of rotatable bonds is 4. The summed E-state index contributed by atoms with van der Waals surface area (Å²) in [5.74, 6) is 1.90. The highest BCUT2D eigenvalue weighted by Crippen LogP contribution is 2.29. The number of aromatic amines is 1. The third kappa shape index (κ3) is 3.01. The van der Waals surface area contributed by atoms with E-state index < -0.39 is 0 Å². The second-order valence-corrected chi connectivity index (χ2v) is 6.52. The van der Waals surface area contributed by atoms with Crippen LogP contribution in [0.3, 0.4) is 0 Å². The molecule has 1 fully saturated rings. The van der Waals surface area contributed by atoms with Gasteiger partial charge in [0, 0.05) is 19.5 Å². The van der Waals surface area contributed by atoms with Crippen LogP contribution in [0.1, 0.15) is 43.4 Å². The molecule has 7 nitrogen and oxygen atoms in total. The summed E-state index contributed by atoms with van der Waals surface area (Å²) in [5.41, 5.74) is 2.06. The van der Waals surface area contributed by atoms with Gasteiger partial charge in [0.05, 0.1) is 17.1 Å². The quantitative estimate of drug-likeness (QED) is 0.793. The summed E-state index contributed by atoms with van der Waals surface area (Å²) < 4.78 is 2.13. The SMILES string of the molecule is Cc1nc2ccccc2n1CCC(=O)N1CCCC[C@H]1c1ncn[nH]1. The number of hydrogen-bond donors (Lipinski definition) is 1. The lowest BCUT2D eigenvalue weighted by Crippen LogP contribution is -2.39. The average molecular weight is 338 g/mol. The molecule has 25 heavy (non-hydrogen) atoms. The van der Waals surface area contributed by atoms with Crippen LogP contribution in [0.25, 0.3) is 11.0 Å². The second-order valence-electron chi connectivity index (χ2n) is 6.52. The highest BCUT2D eigenvalue weighted by atomic mass is 16.2. The average Bonchev–Trinajstić information content (AvgIpc) is 3.27. The van der Waals surface area contributed by atoms with Gasteiger partial charge in [-0.3, -0.25) is 9.89 Å². The van der Waals surface area contributed by atoms with Gasteiger partial charge in [-0.25, -0.2) is 9.97 Å². The molecule has 2 aromatic heterocycles. The first-order chi connectivity index (χ1) is 12.2. The number of para-hydroxylation sites is 2. The molecule has 1 amide bonds. The molecular weight excluding hydrogens is 316 g/mol. The van der Waals surface area contributed by atoms with Crippen LogP contribution in [0.5, 0.6) is 0 Å². The minimum Gasteiger partial charge on any atom is -0.332 e. The van der Waals surface area contributed by atoms with Gasteiger partial charge in [0.25, 0.3) is 0 Å². The van der Waals surface area contributed by atoms with E-state index in [1.54, 1.807) is 0 Å². The lowest BCUT2D eigenvalue weighted by atomic mass is 10.0. The summed E-state index contributed by atoms with van der Waals surface area (Å²) in [6, 6.07) is 8.07. The highest BCUT2D eigenvalue weighted by molar-refractivity contribution is 5.78. The van der Waals surface area contributed by atoms with Crippen molar-refractivity contribution in [2.75, 3.05) is 6.54 Å². The molecule has 3 aromatic rings. The number of aryl methyl sites for hydroxylation is 2. The fourth-order valence-electron chi connectivity index (χ4n) is 3.72. The highest BCUT2D eigenvalue weighted by Gasteiger charge is 2.29. The molecule has 130 valence electrons. The van der Waals surface area contributed by atoms with Gasteiger partial charge >= 0.3 is 0 Å². The molecule has 7 heteroatoms. The third-order valence-electron chi connectivity index (χ3n) is 4.97. The zero-order valence-electron chi connectivity index (χ0n) is 14.4. The van der Waals surface area contributed by atoms with Crippen molar-refractivity contribution in [2.45, 2.75) is 45.2 Å². The van der Waals surface area contributed by atoms with Crippen LogP contribution in [-0.4, -0.2) is 42.1 Å². The molecule has 1 saturated heterocycles. The van der Waals surface area contributed by atoms with Gasteiger partial charge in [-0.15, -0.1) is 0 Å². The summed E-state index contributed by atoms with van der Waals surface area (Å²) >= 11 is 0. The first-order valence-electron chi connectivity index (χ1n) is 8.80. The van der Waals surface area contributed by atoms with Crippen molar-refractivity contribution in [3.05, 3.63) is 42.2 Å². The summed E-state index contributed by atoms with van der Waals surface area (Å²) in [7, 11) is 0. The van der Waals surface area contributed by atoms with Gasteiger partial charge in [0.15, 0.2) is 0 Å². The molecule has 0 spiro atoms. The van der Waals surface area contributed by atoms with Crippen molar-refractivity contribution < 1.29 is 4.79 Å². The van der Waals surface area contributed by atoms with Crippen LogP contribution in [0.2, 0.25) is 0 Å². The van der Waals surface area contributed by atoms with E-state index in [4.69, 9.17) is 0 Å². The van der Waals surface area contributed by atoms with E-state index in [-0.39, 0.29) is 11.9 Å². The molecule has 1 aliphatic heterocycles. The van der Waals surface area contributed by atoms with Gasteiger partial charge in [-0.1, -0.05) is 12.1 Å². The fraction of sp³-hybridized carbons (Fsp3) is 0.444. The number of piperidine rings is 1. The van der Waals surface area contributed by atoms with Gasteiger partial charge in [-0.05, 0) is 38.3 Å². The number of amides is 1. The first kappa shape index (κ1) is 15.8. The van der Waals surface area contributed by atoms with Crippen LogP contribution in [0.15, 0.2) is 30.6 Å². The number of nitrogens with zero attached hydrogens (tertiary/aromatic N) is 5. The minimum absolute atomic E-state index is 0.0179. The summed E-state index contributed by atoms with van der Waals surface area (Å²) in [6.45, 7) is 3.42. The molecule has 1 N–H and O–H groups in total. The van der Waals surface area contributed by atoms with Crippen molar-refractivity contribution in [2.24, 2.45) is 0 Å². The standard InChI is InChI=1S/C18H22N6O/c1-13-21-14-6-2-3-7-15(14)23(13)11-9-17(25)24-10-5-4-8-16(24)18-19-12-20-22-18/h2-3,6-7,12,16H,4-5,8-11H2,1H3,(H,19,20,22)/t16-/m0/s1. The Morgan fingerprint density at radius 1 is 1.32 bits per heavy atom. The van der Waals surface area contributed by atoms with Crippen LogP contribution in [0, 0.1) is 6.92 Å². The summed E-state index contributed by atoms with van der Waals surface area (Å²) in [4.78, 5) is 23.7. The maximum Gasteiger partial charge on any atom is 0.224 e. The molecule has 1 atom stereocenters. The normalized spacial score (nSPS) is 18.0. The second kappa shape index (κ2) is 6.66. The molecule has 0 unspecified atom stereocenters. The number of fused-ring (bicyclic) bond motifs is 1. The van der Waals surface area contributed by atoms with Crippen molar-refractivity contribution in [1.29, 1.82) is 0 Å². The Morgan fingerprint density at radius 2 is 2.20 bits per heavy atom. The number of hydrogen-bond acceptors (Lipinski definition) is 4. The Balaban J connectivity index is 1.50. The Hall–Kier alpha value is -2.70. The fourth-order valence-corrected chi connectivity index (χ4v) is 3.72. The molecule has 3 heterocycles. The Morgan fingerprint density at radius 3 is 3.04 bits per heavy atom. The number of carbonyl (C=O) groups excluding carboxylic acids is 1. The maximum atomic E-state index is 12.9. The molecular formula is C18H22N6O. The topological polar surface area (TPSA) is 79.7 Å². The lowest BCUT2D eigenvalue weighted by Gasteiger charge is -2.34. The lowest BCUT2D eigenvalue weighted by molar-refractivity contribution is -0.135. The number of aromatic nitrogens is 5. The zero-order valence-corrected chi connectivity index (χ0v) is 14.4. The van der Waals surface area contributed by atoms with Gasteiger partial charge in [0.1, 0.15) is 18.0 Å². The van der Waals surface area contributed by atoms with Gasteiger partial charge in [0.2, 0.25) is 5.91 Å². The molecule has 0 bridgehead atoms. The van der Waals surface area contributed by atoms with Crippen LogP contribution >= 0.6 is 0 Å². The Labute approximate surface area is 146 Å².